The number of anilines is 1. The molecule has 0 aromatic heterocycles. The van der Waals surface area contributed by atoms with Gasteiger partial charge in [-0.1, -0.05) is 18.9 Å². The van der Waals surface area contributed by atoms with Gasteiger partial charge in [0.05, 0.1) is 11.8 Å². The van der Waals surface area contributed by atoms with Crippen LogP contribution < -0.4 is 10.5 Å². The van der Waals surface area contributed by atoms with E-state index in [0.29, 0.717) is 12.8 Å². The number of rotatable bonds is 3. The molecule has 0 spiro atoms. The standard InChI is InChI=1S/C12H17FN2O3S/c13-8-4-3-7-11(12(8)14)19(17,18)15-9-5-1-2-6-10(9)16/h3-4,7,9-10,15-16H,1-2,5-6,14H2. The molecule has 19 heavy (non-hydrogen) atoms. The summed E-state index contributed by atoms with van der Waals surface area (Å²) in [5.74, 6) is -0.771. The number of benzene rings is 1. The van der Waals surface area contributed by atoms with Crippen LogP contribution in [0.1, 0.15) is 25.7 Å². The molecule has 1 aliphatic rings. The molecule has 0 amide bonds. The van der Waals surface area contributed by atoms with Gasteiger partial charge in [-0.15, -0.1) is 0 Å². The maximum atomic E-state index is 13.3. The summed E-state index contributed by atoms with van der Waals surface area (Å²) in [5.41, 5.74) is 5.05. The molecule has 1 aromatic rings. The van der Waals surface area contributed by atoms with Crippen LogP contribution >= 0.6 is 0 Å². The van der Waals surface area contributed by atoms with Gasteiger partial charge in [-0.05, 0) is 25.0 Å². The van der Waals surface area contributed by atoms with Crippen molar-refractivity contribution in [1.29, 1.82) is 0 Å². The monoisotopic (exact) mass is 288 g/mol. The molecule has 4 N–H and O–H groups in total. The third-order valence-corrected chi connectivity index (χ3v) is 4.89. The first-order chi connectivity index (χ1) is 8.92. The van der Waals surface area contributed by atoms with Gasteiger partial charge in [0.1, 0.15) is 10.7 Å². The van der Waals surface area contributed by atoms with E-state index in [4.69, 9.17) is 5.73 Å². The molecule has 1 aromatic carbocycles. The molecule has 5 nitrogen and oxygen atoms in total. The van der Waals surface area contributed by atoms with Gasteiger partial charge in [-0.3, -0.25) is 0 Å². The van der Waals surface area contributed by atoms with Crippen LogP contribution in [0.25, 0.3) is 0 Å². The third-order valence-electron chi connectivity index (χ3n) is 3.34. The van der Waals surface area contributed by atoms with E-state index in [1.54, 1.807) is 0 Å². The van der Waals surface area contributed by atoms with Gasteiger partial charge in [-0.2, -0.15) is 0 Å². The molecule has 2 atom stereocenters. The van der Waals surface area contributed by atoms with Crippen LogP contribution in [0.4, 0.5) is 10.1 Å². The minimum atomic E-state index is -3.92. The fourth-order valence-electron chi connectivity index (χ4n) is 2.26. The maximum Gasteiger partial charge on any atom is 0.243 e. The number of hydrogen-bond acceptors (Lipinski definition) is 4. The van der Waals surface area contributed by atoms with Gasteiger partial charge in [0.25, 0.3) is 0 Å². The first kappa shape index (κ1) is 14.2. The van der Waals surface area contributed by atoms with Crippen molar-refractivity contribution in [3.8, 4) is 0 Å². The van der Waals surface area contributed by atoms with Crippen molar-refractivity contribution in [2.45, 2.75) is 42.7 Å². The van der Waals surface area contributed by atoms with Crippen molar-refractivity contribution in [3.63, 3.8) is 0 Å². The fourth-order valence-corrected chi connectivity index (χ4v) is 3.71. The lowest BCUT2D eigenvalue weighted by molar-refractivity contribution is 0.101. The Hall–Kier alpha value is -1.18. The van der Waals surface area contributed by atoms with Gasteiger partial charge in [0.2, 0.25) is 10.0 Å². The zero-order chi connectivity index (χ0) is 14.0. The van der Waals surface area contributed by atoms with Gasteiger partial charge in [0.15, 0.2) is 0 Å². The number of sulfonamides is 1. The normalized spacial score (nSPS) is 24.3. The van der Waals surface area contributed by atoms with E-state index < -0.39 is 33.7 Å². The third kappa shape index (κ3) is 3.05. The van der Waals surface area contributed by atoms with E-state index in [9.17, 15) is 17.9 Å². The zero-order valence-corrected chi connectivity index (χ0v) is 11.2. The summed E-state index contributed by atoms with van der Waals surface area (Å²) in [7, 11) is -3.92. The molecule has 1 fully saturated rings. The Morgan fingerprint density at radius 1 is 1.32 bits per heavy atom. The average molecular weight is 288 g/mol. The zero-order valence-electron chi connectivity index (χ0n) is 10.3. The lowest BCUT2D eigenvalue weighted by Gasteiger charge is -2.28. The summed E-state index contributed by atoms with van der Waals surface area (Å²) in [6.07, 6.45) is 2.14. The summed E-state index contributed by atoms with van der Waals surface area (Å²) in [5, 5.41) is 9.77. The molecule has 0 radical (unpaired) electrons. The molecular formula is C12H17FN2O3S. The molecule has 2 unspecified atom stereocenters. The maximum absolute atomic E-state index is 13.3. The topological polar surface area (TPSA) is 92.4 Å². The van der Waals surface area contributed by atoms with Gasteiger partial charge < -0.3 is 10.8 Å². The number of nitrogens with one attached hydrogen (secondary N) is 1. The second-order valence-corrected chi connectivity index (χ2v) is 6.41. The lowest BCUT2D eigenvalue weighted by atomic mass is 9.93. The van der Waals surface area contributed by atoms with Crippen LogP contribution in [0.5, 0.6) is 0 Å². The highest BCUT2D eigenvalue weighted by Crippen LogP contribution is 2.24. The summed E-state index contributed by atoms with van der Waals surface area (Å²) < 4.78 is 40.0. The van der Waals surface area contributed by atoms with E-state index in [0.717, 1.165) is 18.9 Å². The van der Waals surface area contributed by atoms with Crippen LogP contribution in [0, 0.1) is 5.82 Å². The Balaban J connectivity index is 2.25. The predicted molar refractivity (Wildman–Crippen MR) is 69.4 cm³/mol. The van der Waals surface area contributed by atoms with Crippen molar-refractivity contribution < 1.29 is 17.9 Å². The highest BCUT2D eigenvalue weighted by atomic mass is 32.2. The number of aliphatic hydroxyl groups excluding tert-OH is 1. The SMILES string of the molecule is Nc1c(F)cccc1S(=O)(=O)NC1CCCCC1O. The largest absolute Gasteiger partial charge is 0.395 e. The molecular weight excluding hydrogens is 271 g/mol. The molecule has 2 rings (SSSR count). The van der Waals surface area contributed by atoms with Crippen LogP contribution in [-0.2, 0) is 10.0 Å². The number of hydrogen-bond donors (Lipinski definition) is 3. The minimum absolute atomic E-state index is 0.287. The first-order valence-corrected chi connectivity index (χ1v) is 7.64. The Morgan fingerprint density at radius 3 is 2.68 bits per heavy atom. The number of nitrogen functional groups attached to an aromatic ring is 1. The van der Waals surface area contributed by atoms with Gasteiger partial charge in [-0.25, -0.2) is 17.5 Å². The van der Waals surface area contributed by atoms with E-state index in [1.165, 1.54) is 12.1 Å². The van der Waals surface area contributed by atoms with E-state index in [-0.39, 0.29) is 4.90 Å². The first-order valence-electron chi connectivity index (χ1n) is 6.16. The minimum Gasteiger partial charge on any atom is -0.395 e. The quantitative estimate of drug-likeness (QED) is 0.723. The van der Waals surface area contributed by atoms with Gasteiger partial charge >= 0.3 is 0 Å². The predicted octanol–water partition coefficient (Wildman–Crippen LogP) is 0.990. The number of nitrogens with two attached hydrogens (primary N) is 1. The van der Waals surface area contributed by atoms with Crippen LogP contribution in [0.2, 0.25) is 0 Å². The number of aliphatic hydroxyl groups is 1. The highest BCUT2D eigenvalue weighted by molar-refractivity contribution is 7.89. The molecule has 0 saturated heterocycles. The van der Waals surface area contributed by atoms with Crippen LogP contribution in [0.15, 0.2) is 23.1 Å². The molecule has 0 heterocycles. The van der Waals surface area contributed by atoms with Crippen molar-refractivity contribution in [3.05, 3.63) is 24.0 Å². The second kappa shape index (κ2) is 5.44. The van der Waals surface area contributed by atoms with E-state index >= 15 is 0 Å². The van der Waals surface area contributed by atoms with Crippen LogP contribution in [-0.4, -0.2) is 25.7 Å². The Bertz CT molecular complexity index is 562. The van der Waals surface area contributed by atoms with E-state index in [2.05, 4.69) is 4.72 Å². The molecule has 1 saturated carbocycles. The van der Waals surface area contributed by atoms with Crippen molar-refractivity contribution >= 4 is 15.7 Å². The molecule has 106 valence electrons. The molecule has 0 bridgehead atoms. The number of para-hydroxylation sites is 1. The summed E-state index contributed by atoms with van der Waals surface area (Å²) in [6, 6.07) is 3.10. The van der Waals surface area contributed by atoms with Crippen molar-refractivity contribution in [2.75, 3.05) is 5.73 Å². The number of halogens is 1. The highest BCUT2D eigenvalue weighted by Gasteiger charge is 2.29. The summed E-state index contributed by atoms with van der Waals surface area (Å²) in [6.45, 7) is 0. The summed E-state index contributed by atoms with van der Waals surface area (Å²) >= 11 is 0. The fraction of sp³-hybridized carbons (Fsp3) is 0.500. The van der Waals surface area contributed by atoms with Crippen molar-refractivity contribution in [1.82, 2.24) is 4.72 Å². The van der Waals surface area contributed by atoms with Crippen LogP contribution in [0.3, 0.4) is 0 Å². The van der Waals surface area contributed by atoms with Crippen molar-refractivity contribution in [2.24, 2.45) is 0 Å². The average Bonchev–Trinajstić information content (AvgIpc) is 2.35. The van der Waals surface area contributed by atoms with Gasteiger partial charge in [0, 0.05) is 6.04 Å². The Labute approximate surface area is 111 Å². The Kier molecular flexibility index (Phi) is 4.07. The molecule has 1 aliphatic carbocycles. The molecule has 0 aliphatic heterocycles. The summed E-state index contributed by atoms with van der Waals surface area (Å²) in [4.78, 5) is -0.287. The molecule has 7 heteroatoms. The second-order valence-electron chi connectivity index (χ2n) is 4.73. The Morgan fingerprint density at radius 2 is 2.00 bits per heavy atom. The van der Waals surface area contributed by atoms with E-state index in [1.807, 2.05) is 0 Å². The lowest BCUT2D eigenvalue weighted by Crippen LogP contribution is -2.45. The smallest absolute Gasteiger partial charge is 0.243 e.